The summed E-state index contributed by atoms with van der Waals surface area (Å²) in [5, 5.41) is 5.98. The highest BCUT2D eigenvalue weighted by atomic mass is 16.5. The molecule has 0 heterocycles. The Balaban J connectivity index is 3.44. The predicted octanol–water partition coefficient (Wildman–Crippen LogP) is 0.790. The Morgan fingerprint density at radius 1 is 1.17 bits per heavy atom. The van der Waals surface area contributed by atoms with Crippen LogP contribution < -0.4 is 10.6 Å². The third-order valence-corrected chi connectivity index (χ3v) is 2.37. The van der Waals surface area contributed by atoms with Crippen LogP contribution in [0.1, 0.15) is 27.2 Å². The fourth-order valence-corrected chi connectivity index (χ4v) is 1.34. The molecule has 0 fully saturated rings. The maximum atomic E-state index is 11.6. The van der Waals surface area contributed by atoms with E-state index in [1.54, 1.807) is 7.11 Å². The minimum Gasteiger partial charge on any atom is -0.385 e. The molecule has 0 aromatic carbocycles. The second-order valence-electron chi connectivity index (χ2n) is 4.78. The van der Waals surface area contributed by atoms with Crippen molar-refractivity contribution in [2.24, 2.45) is 5.92 Å². The van der Waals surface area contributed by atoms with Gasteiger partial charge in [-0.1, -0.05) is 13.8 Å². The molecule has 1 atom stereocenters. The molecule has 108 valence electrons. The molecule has 5 heteroatoms. The normalized spacial score (nSPS) is 12.7. The monoisotopic (exact) mass is 260 g/mol. The van der Waals surface area contributed by atoms with Crippen LogP contribution >= 0.6 is 0 Å². The van der Waals surface area contributed by atoms with E-state index in [1.807, 2.05) is 6.92 Å². The molecule has 0 aliphatic heterocycles. The lowest BCUT2D eigenvalue weighted by molar-refractivity contribution is -0.122. The summed E-state index contributed by atoms with van der Waals surface area (Å²) in [5.41, 5.74) is 0. The Hall–Kier alpha value is -0.650. The summed E-state index contributed by atoms with van der Waals surface area (Å²) in [5.74, 6) is 0.571. The number of hydrogen-bond acceptors (Lipinski definition) is 4. The third kappa shape index (κ3) is 10.5. The van der Waals surface area contributed by atoms with Crippen LogP contribution in [0, 0.1) is 5.92 Å². The van der Waals surface area contributed by atoms with E-state index in [2.05, 4.69) is 24.5 Å². The standard InChI is InChI=1S/C13H28N2O3/c1-11(2)10-18-9-7-14-12(3)13(16)15-6-5-8-17-4/h11-12,14H,5-10H2,1-4H3,(H,15,16). The van der Waals surface area contributed by atoms with Crippen molar-refractivity contribution in [1.82, 2.24) is 10.6 Å². The molecule has 0 aromatic heterocycles. The average molecular weight is 260 g/mol. The average Bonchev–Trinajstić information content (AvgIpc) is 2.33. The van der Waals surface area contributed by atoms with Crippen molar-refractivity contribution in [3.8, 4) is 0 Å². The number of carbonyl (C=O) groups is 1. The van der Waals surface area contributed by atoms with E-state index in [-0.39, 0.29) is 11.9 Å². The van der Waals surface area contributed by atoms with Crippen LogP contribution in [0.2, 0.25) is 0 Å². The van der Waals surface area contributed by atoms with Crippen LogP contribution in [0.4, 0.5) is 0 Å². The molecule has 0 rings (SSSR count). The summed E-state index contributed by atoms with van der Waals surface area (Å²) in [4.78, 5) is 11.6. The Bertz CT molecular complexity index is 210. The van der Waals surface area contributed by atoms with E-state index in [9.17, 15) is 4.79 Å². The summed E-state index contributed by atoms with van der Waals surface area (Å²) in [7, 11) is 1.66. The summed E-state index contributed by atoms with van der Waals surface area (Å²) in [6, 6.07) is -0.185. The van der Waals surface area contributed by atoms with Crippen molar-refractivity contribution in [1.29, 1.82) is 0 Å². The molecular formula is C13H28N2O3. The van der Waals surface area contributed by atoms with Gasteiger partial charge in [-0.15, -0.1) is 0 Å². The minimum absolute atomic E-state index is 0.0231. The van der Waals surface area contributed by atoms with E-state index in [0.29, 0.717) is 32.2 Å². The Labute approximate surface area is 111 Å². The van der Waals surface area contributed by atoms with E-state index >= 15 is 0 Å². The molecule has 0 aliphatic carbocycles. The largest absolute Gasteiger partial charge is 0.385 e. The minimum atomic E-state index is -0.185. The molecule has 2 N–H and O–H groups in total. The van der Waals surface area contributed by atoms with Crippen molar-refractivity contribution in [3.05, 3.63) is 0 Å². The van der Waals surface area contributed by atoms with Gasteiger partial charge in [0.05, 0.1) is 12.6 Å². The number of rotatable bonds is 11. The Morgan fingerprint density at radius 2 is 1.89 bits per heavy atom. The second-order valence-corrected chi connectivity index (χ2v) is 4.78. The molecule has 0 saturated heterocycles. The van der Waals surface area contributed by atoms with Gasteiger partial charge in [0.15, 0.2) is 0 Å². The van der Waals surface area contributed by atoms with Gasteiger partial charge in [0, 0.05) is 33.4 Å². The van der Waals surface area contributed by atoms with Crippen molar-refractivity contribution in [2.75, 3.05) is 40.0 Å². The maximum Gasteiger partial charge on any atom is 0.236 e. The van der Waals surface area contributed by atoms with Crippen LogP contribution in [0.15, 0.2) is 0 Å². The van der Waals surface area contributed by atoms with E-state index in [1.165, 1.54) is 0 Å². The second kappa shape index (κ2) is 11.4. The molecular weight excluding hydrogens is 232 g/mol. The number of ether oxygens (including phenoxy) is 2. The first-order valence-corrected chi connectivity index (χ1v) is 6.65. The van der Waals surface area contributed by atoms with Gasteiger partial charge in [-0.2, -0.15) is 0 Å². The number of methoxy groups -OCH3 is 1. The fraction of sp³-hybridized carbons (Fsp3) is 0.923. The van der Waals surface area contributed by atoms with Gasteiger partial charge < -0.3 is 20.1 Å². The van der Waals surface area contributed by atoms with Gasteiger partial charge in [-0.05, 0) is 19.3 Å². The van der Waals surface area contributed by atoms with E-state index in [4.69, 9.17) is 9.47 Å². The highest BCUT2D eigenvalue weighted by Crippen LogP contribution is 1.91. The number of carbonyl (C=O) groups excluding carboxylic acids is 1. The first-order valence-electron chi connectivity index (χ1n) is 6.65. The molecule has 5 nitrogen and oxygen atoms in total. The molecule has 0 bridgehead atoms. The predicted molar refractivity (Wildman–Crippen MR) is 72.6 cm³/mol. The lowest BCUT2D eigenvalue weighted by Gasteiger charge is -2.14. The van der Waals surface area contributed by atoms with Crippen LogP contribution in [0.3, 0.4) is 0 Å². The van der Waals surface area contributed by atoms with E-state index < -0.39 is 0 Å². The molecule has 0 saturated carbocycles. The zero-order valence-electron chi connectivity index (χ0n) is 12.1. The van der Waals surface area contributed by atoms with Gasteiger partial charge >= 0.3 is 0 Å². The third-order valence-electron chi connectivity index (χ3n) is 2.37. The molecule has 1 amide bonds. The smallest absolute Gasteiger partial charge is 0.236 e. The summed E-state index contributed by atoms with van der Waals surface area (Å²) in [6.07, 6.45) is 0.840. The molecule has 0 spiro atoms. The number of hydrogen-bond donors (Lipinski definition) is 2. The van der Waals surface area contributed by atoms with Crippen LogP contribution in [-0.4, -0.2) is 52.0 Å². The summed E-state index contributed by atoms with van der Waals surface area (Å²) in [6.45, 7) is 9.51. The zero-order valence-corrected chi connectivity index (χ0v) is 12.1. The SMILES string of the molecule is COCCCNC(=O)C(C)NCCOCC(C)C. The van der Waals surface area contributed by atoms with Crippen molar-refractivity contribution in [2.45, 2.75) is 33.2 Å². The molecule has 0 aliphatic rings. The lowest BCUT2D eigenvalue weighted by Crippen LogP contribution is -2.43. The Morgan fingerprint density at radius 3 is 2.50 bits per heavy atom. The van der Waals surface area contributed by atoms with Gasteiger partial charge in [0.2, 0.25) is 5.91 Å². The van der Waals surface area contributed by atoms with Crippen molar-refractivity contribution in [3.63, 3.8) is 0 Å². The van der Waals surface area contributed by atoms with Gasteiger partial charge in [0.1, 0.15) is 0 Å². The van der Waals surface area contributed by atoms with Crippen LogP contribution in [-0.2, 0) is 14.3 Å². The molecule has 1 unspecified atom stereocenters. The van der Waals surface area contributed by atoms with Crippen LogP contribution in [0.25, 0.3) is 0 Å². The Kier molecular flexibility index (Phi) is 11.0. The van der Waals surface area contributed by atoms with Gasteiger partial charge in [-0.25, -0.2) is 0 Å². The quantitative estimate of drug-likeness (QED) is 0.539. The lowest BCUT2D eigenvalue weighted by atomic mass is 10.2. The molecule has 0 aromatic rings. The molecule has 0 radical (unpaired) electrons. The van der Waals surface area contributed by atoms with Crippen molar-refractivity contribution < 1.29 is 14.3 Å². The fourth-order valence-electron chi connectivity index (χ4n) is 1.34. The highest BCUT2D eigenvalue weighted by Gasteiger charge is 2.10. The van der Waals surface area contributed by atoms with Crippen LogP contribution in [0.5, 0.6) is 0 Å². The number of amides is 1. The van der Waals surface area contributed by atoms with Crippen molar-refractivity contribution >= 4 is 5.91 Å². The maximum absolute atomic E-state index is 11.6. The van der Waals surface area contributed by atoms with Gasteiger partial charge in [0.25, 0.3) is 0 Å². The topological polar surface area (TPSA) is 59.6 Å². The van der Waals surface area contributed by atoms with E-state index in [0.717, 1.165) is 13.0 Å². The zero-order chi connectivity index (χ0) is 13.8. The first kappa shape index (κ1) is 17.4. The van der Waals surface area contributed by atoms with Gasteiger partial charge in [-0.3, -0.25) is 4.79 Å². The molecule has 18 heavy (non-hydrogen) atoms. The summed E-state index contributed by atoms with van der Waals surface area (Å²) >= 11 is 0. The highest BCUT2D eigenvalue weighted by molar-refractivity contribution is 5.81. The number of nitrogens with one attached hydrogen (secondary N) is 2. The summed E-state index contributed by atoms with van der Waals surface area (Å²) < 4.78 is 10.3. The first-order chi connectivity index (χ1) is 8.57.